The molecule has 1 heterocycles. The molecule has 0 saturated carbocycles. The molecule has 0 radical (unpaired) electrons. The van der Waals surface area contributed by atoms with Crippen LogP contribution in [0.1, 0.15) is 27.6 Å². The third-order valence-corrected chi connectivity index (χ3v) is 3.74. The lowest BCUT2D eigenvalue weighted by molar-refractivity contribution is 0.101. The molecule has 0 unspecified atom stereocenters. The summed E-state index contributed by atoms with van der Waals surface area (Å²) in [6, 6.07) is 13.1. The molecule has 2 aromatic carbocycles. The predicted octanol–water partition coefficient (Wildman–Crippen LogP) is 4.56. The van der Waals surface area contributed by atoms with Gasteiger partial charge in [0.05, 0.1) is 5.56 Å². The quantitative estimate of drug-likeness (QED) is 0.649. The molecule has 136 valence electrons. The summed E-state index contributed by atoms with van der Waals surface area (Å²) in [5.41, 5.74) is 1.63. The van der Waals surface area contributed by atoms with E-state index < -0.39 is 11.6 Å². The first-order chi connectivity index (χ1) is 12.9. The van der Waals surface area contributed by atoms with E-state index in [1.807, 2.05) is 0 Å². The van der Waals surface area contributed by atoms with Crippen LogP contribution >= 0.6 is 0 Å². The van der Waals surface area contributed by atoms with Crippen LogP contribution in [0.15, 0.2) is 60.8 Å². The van der Waals surface area contributed by atoms with Crippen LogP contribution in [0.3, 0.4) is 0 Å². The van der Waals surface area contributed by atoms with Crippen LogP contribution in [-0.4, -0.2) is 16.7 Å². The number of pyridine rings is 1. The van der Waals surface area contributed by atoms with Crippen LogP contribution in [0.2, 0.25) is 0 Å². The van der Waals surface area contributed by atoms with E-state index in [2.05, 4.69) is 15.6 Å². The summed E-state index contributed by atoms with van der Waals surface area (Å²) in [5.74, 6) is -2.02. The minimum Gasteiger partial charge on any atom is -0.340 e. The summed E-state index contributed by atoms with van der Waals surface area (Å²) < 4.78 is 26.2. The molecule has 5 nitrogen and oxygen atoms in total. The zero-order chi connectivity index (χ0) is 19.4. The number of amides is 1. The van der Waals surface area contributed by atoms with Gasteiger partial charge >= 0.3 is 0 Å². The summed E-state index contributed by atoms with van der Waals surface area (Å²) in [4.78, 5) is 27.8. The van der Waals surface area contributed by atoms with Gasteiger partial charge in [0.25, 0.3) is 5.91 Å². The predicted molar refractivity (Wildman–Crippen MR) is 98.3 cm³/mol. The smallest absolute Gasteiger partial charge is 0.257 e. The van der Waals surface area contributed by atoms with Crippen LogP contribution < -0.4 is 10.6 Å². The minimum absolute atomic E-state index is 0.0968. The van der Waals surface area contributed by atoms with Gasteiger partial charge in [0, 0.05) is 29.2 Å². The fourth-order valence-corrected chi connectivity index (χ4v) is 2.34. The topological polar surface area (TPSA) is 71.1 Å². The number of carbonyl (C=O) groups is 2. The molecule has 0 spiro atoms. The van der Waals surface area contributed by atoms with Gasteiger partial charge in [-0.25, -0.2) is 13.8 Å². The number of Topliss-reactive ketones (excluding diaryl/α,β-unsaturated/α-hetero) is 1. The highest BCUT2D eigenvalue weighted by Gasteiger charge is 2.09. The first-order valence-corrected chi connectivity index (χ1v) is 8.03. The second-order valence-corrected chi connectivity index (χ2v) is 5.78. The molecule has 0 saturated heterocycles. The van der Waals surface area contributed by atoms with E-state index in [1.54, 1.807) is 36.4 Å². The number of aromatic nitrogens is 1. The van der Waals surface area contributed by atoms with Gasteiger partial charge in [-0.1, -0.05) is 12.1 Å². The summed E-state index contributed by atoms with van der Waals surface area (Å²) >= 11 is 0. The molecule has 7 heteroatoms. The largest absolute Gasteiger partial charge is 0.340 e. The van der Waals surface area contributed by atoms with Crippen molar-refractivity contribution in [2.75, 3.05) is 10.6 Å². The Morgan fingerprint density at radius 1 is 0.889 bits per heavy atom. The molecule has 0 aliphatic carbocycles. The lowest BCUT2D eigenvalue weighted by atomic mass is 10.1. The fourth-order valence-electron chi connectivity index (χ4n) is 2.34. The molecule has 1 aromatic heterocycles. The van der Waals surface area contributed by atoms with Crippen molar-refractivity contribution in [1.29, 1.82) is 0 Å². The fraction of sp³-hybridized carbons (Fsp3) is 0.0500. The van der Waals surface area contributed by atoms with E-state index in [1.165, 1.54) is 19.2 Å². The van der Waals surface area contributed by atoms with E-state index in [-0.39, 0.29) is 11.7 Å². The van der Waals surface area contributed by atoms with Crippen molar-refractivity contribution in [3.05, 3.63) is 83.6 Å². The average molecular weight is 367 g/mol. The molecule has 1 amide bonds. The number of benzene rings is 2. The Kier molecular flexibility index (Phi) is 5.21. The maximum atomic E-state index is 13.2. The van der Waals surface area contributed by atoms with Gasteiger partial charge in [-0.3, -0.25) is 9.59 Å². The Morgan fingerprint density at radius 3 is 2.37 bits per heavy atom. The molecule has 3 rings (SSSR count). The number of nitrogens with zero attached hydrogens (tertiary/aromatic N) is 1. The highest BCUT2D eigenvalue weighted by atomic mass is 19.2. The molecule has 2 N–H and O–H groups in total. The number of rotatable bonds is 5. The van der Waals surface area contributed by atoms with Crippen molar-refractivity contribution >= 4 is 28.9 Å². The maximum absolute atomic E-state index is 13.2. The van der Waals surface area contributed by atoms with Gasteiger partial charge in [-0.2, -0.15) is 0 Å². The summed E-state index contributed by atoms with van der Waals surface area (Å²) in [7, 11) is 0. The Hall–Kier alpha value is -3.61. The molecule has 0 fully saturated rings. The molecular weight excluding hydrogens is 352 g/mol. The van der Waals surface area contributed by atoms with E-state index in [0.29, 0.717) is 28.3 Å². The van der Waals surface area contributed by atoms with E-state index in [4.69, 9.17) is 0 Å². The van der Waals surface area contributed by atoms with Crippen molar-refractivity contribution in [3.8, 4) is 0 Å². The normalized spacial score (nSPS) is 10.3. The first-order valence-electron chi connectivity index (χ1n) is 8.03. The zero-order valence-corrected chi connectivity index (χ0v) is 14.3. The molecule has 0 aliphatic rings. The summed E-state index contributed by atoms with van der Waals surface area (Å²) in [5, 5.41) is 5.51. The van der Waals surface area contributed by atoms with Crippen LogP contribution in [0.5, 0.6) is 0 Å². The van der Waals surface area contributed by atoms with E-state index >= 15 is 0 Å². The number of anilines is 3. The van der Waals surface area contributed by atoms with Crippen LogP contribution in [0.4, 0.5) is 26.0 Å². The zero-order valence-electron chi connectivity index (χ0n) is 14.3. The maximum Gasteiger partial charge on any atom is 0.257 e. The van der Waals surface area contributed by atoms with Crippen molar-refractivity contribution in [2.45, 2.75) is 6.92 Å². The first kappa shape index (κ1) is 18.2. The third kappa shape index (κ3) is 4.52. The van der Waals surface area contributed by atoms with E-state index in [9.17, 15) is 18.4 Å². The number of ketones is 1. The van der Waals surface area contributed by atoms with Crippen LogP contribution in [0, 0.1) is 11.6 Å². The molecule has 0 atom stereocenters. The van der Waals surface area contributed by atoms with Gasteiger partial charge in [-0.05, 0) is 43.3 Å². The van der Waals surface area contributed by atoms with Crippen LogP contribution in [0.25, 0.3) is 0 Å². The minimum atomic E-state index is -0.969. The summed E-state index contributed by atoms with van der Waals surface area (Å²) in [6.45, 7) is 1.45. The monoisotopic (exact) mass is 367 g/mol. The second kappa shape index (κ2) is 7.74. The third-order valence-electron chi connectivity index (χ3n) is 3.74. The Morgan fingerprint density at radius 2 is 1.70 bits per heavy atom. The standard InChI is InChI=1S/C20H15F2N3O2/c1-12(26)13-3-2-4-15(9-13)25-20(27)14-5-8-19(23-11-14)24-16-6-7-17(21)18(22)10-16/h2-11H,1H3,(H,23,24)(H,25,27). The molecule has 0 bridgehead atoms. The number of halogens is 2. The lowest BCUT2D eigenvalue weighted by Gasteiger charge is -2.08. The molecule has 0 aliphatic heterocycles. The van der Waals surface area contributed by atoms with Crippen molar-refractivity contribution in [1.82, 2.24) is 4.98 Å². The highest BCUT2D eigenvalue weighted by molar-refractivity contribution is 6.05. The van der Waals surface area contributed by atoms with Crippen LogP contribution in [-0.2, 0) is 0 Å². The molecular formula is C20H15F2N3O2. The Bertz CT molecular complexity index is 1000. The van der Waals surface area contributed by atoms with Gasteiger partial charge in [0.15, 0.2) is 17.4 Å². The second-order valence-electron chi connectivity index (χ2n) is 5.78. The van der Waals surface area contributed by atoms with Gasteiger partial charge in [-0.15, -0.1) is 0 Å². The Balaban J connectivity index is 1.69. The van der Waals surface area contributed by atoms with Gasteiger partial charge in [0.1, 0.15) is 5.82 Å². The number of nitrogens with one attached hydrogen (secondary N) is 2. The molecule has 27 heavy (non-hydrogen) atoms. The van der Waals surface area contributed by atoms with Crippen molar-refractivity contribution < 1.29 is 18.4 Å². The average Bonchev–Trinajstić information content (AvgIpc) is 2.65. The van der Waals surface area contributed by atoms with Gasteiger partial charge < -0.3 is 10.6 Å². The lowest BCUT2D eigenvalue weighted by Crippen LogP contribution is -2.12. The number of hydrogen-bond donors (Lipinski definition) is 2. The Labute approximate surface area is 154 Å². The number of hydrogen-bond acceptors (Lipinski definition) is 4. The SMILES string of the molecule is CC(=O)c1cccc(NC(=O)c2ccc(Nc3ccc(F)c(F)c3)nc2)c1. The van der Waals surface area contributed by atoms with Crippen molar-refractivity contribution in [2.24, 2.45) is 0 Å². The van der Waals surface area contributed by atoms with Gasteiger partial charge in [0.2, 0.25) is 0 Å². The molecule has 3 aromatic rings. The van der Waals surface area contributed by atoms with Crippen molar-refractivity contribution in [3.63, 3.8) is 0 Å². The summed E-state index contributed by atoms with van der Waals surface area (Å²) in [6.07, 6.45) is 1.35. The number of carbonyl (C=O) groups excluding carboxylic acids is 2. The highest BCUT2D eigenvalue weighted by Crippen LogP contribution is 2.18. The van der Waals surface area contributed by atoms with E-state index in [0.717, 1.165) is 12.1 Å².